The van der Waals surface area contributed by atoms with E-state index in [0.717, 1.165) is 33.2 Å². The lowest BCUT2D eigenvalue weighted by atomic mass is 10.5. The van der Waals surface area contributed by atoms with Crippen molar-refractivity contribution in [2.45, 2.75) is 6.92 Å². The van der Waals surface area contributed by atoms with Gasteiger partial charge in [-0.1, -0.05) is 0 Å². The van der Waals surface area contributed by atoms with Gasteiger partial charge in [0.05, 0.1) is 13.2 Å². The molecule has 0 amide bonds. The number of morpholine rings is 1. The zero-order chi connectivity index (χ0) is 7.82. The third kappa shape index (κ3) is 10.4. The monoisotopic (exact) mass is 146 g/mol. The highest BCUT2D eigenvalue weighted by atomic mass is 16.5. The molecule has 1 aliphatic rings. The number of nitrogens with one attached hydrogen (secondary N) is 1. The van der Waals surface area contributed by atoms with Gasteiger partial charge in [0, 0.05) is 19.1 Å². The normalized spacial score (nSPS) is 16.9. The number of ether oxygens (including phenoxy) is 1. The summed E-state index contributed by atoms with van der Waals surface area (Å²) in [5, 5.41) is 12.0. The first-order chi connectivity index (χ1) is 4.73. The Morgan fingerprint density at radius 2 is 1.90 bits per heavy atom. The lowest BCUT2D eigenvalue weighted by Crippen LogP contribution is -2.30. The van der Waals surface area contributed by atoms with Crippen LogP contribution in [0, 0.1) is 0 Å². The van der Waals surface area contributed by atoms with Crippen molar-refractivity contribution in [2.24, 2.45) is 0 Å². The highest BCUT2D eigenvalue weighted by Crippen LogP contribution is 1.76. The minimum Gasteiger partial charge on any atom is -0.550 e. The van der Waals surface area contributed by atoms with Crippen LogP contribution in [0.4, 0.5) is 0 Å². The first-order valence-electron chi connectivity index (χ1n) is 3.19. The summed E-state index contributed by atoms with van der Waals surface area (Å²) in [6.45, 7) is 4.81. The zero-order valence-corrected chi connectivity index (χ0v) is 6.05. The molecule has 0 radical (unpaired) electrons. The van der Waals surface area contributed by atoms with E-state index < -0.39 is 5.97 Å². The Kier molecular flexibility index (Phi) is 6.11. The summed E-state index contributed by atoms with van der Waals surface area (Å²) >= 11 is 0. The van der Waals surface area contributed by atoms with Crippen molar-refractivity contribution >= 4 is 5.97 Å². The quantitative estimate of drug-likeness (QED) is 0.445. The predicted molar refractivity (Wildman–Crippen MR) is 34.4 cm³/mol. The molecule has 0 saturated carbocycles. The van der Waals surface area contributed by atoms with Crippen LogP contribution in [0.5, 0.6) is 0 Å². The number of carbonyl (C=O) groups is 1. The van der Waals surface area contributed by atoms with Crippen molar-refractivity contribution in [2.75, 3.05) is 26.3 Å². The molecular weight excluding hydrogens is 134 g/mol. The molecule has 0 aliphatic carbocycles. The molecule has 4 heteroatoms. The molecule has 1 saturated heterocycles. The van der Waals surface area contributed by atoms with Crippen LogP contribution in [0.15, 0.2) is 0 Å². The van der Waals surface area contributed by atoms with Crippen LogP contribution >= 0.6 is 0 Å². The molecule has 0 aromatic rings. The van der Waals surface area contributed by atoms with Crippen molar-refractivity contribution in [3.63, 3.8) is 0 Å². The van der Waals surface area contributed by atoms with E-state index in [4.69, 9.17) is 14.6 Å². The van der Waals surface area contributed by atoms with Gasteiger partial charge in [-0.15, -0.1) is 0 Å². The molecule has 0 aromatic heterocycles. The van der Waals surface area contributed by atoms with Gasteiger partial charge in [0.25, 0.3) is 0 Å². The Labute approximate surface area is 60.2 Å². The third-order valence-electron chi connectivity index (χ3n) is 0.846. The van der Waals surface area contributed by atoms with E-state index in [0.29, 0.717) is 0 Å². The van der Waals surface area contributed by atoms with Gasteiger partial charge in [-0.2, -0.15) is 0 Å². The average Bonchev–Trinajstić information content (AvgIpc) is 1.90. The number of hydrogen-bond donors (Lipinski definition) is 1. The maximum atomic E-state index is 8.89. The van der Waals surface area contributed by atoms with Crippen LogP contribution < -0.4 is 10.4 Å². The molecule has 0 unspecified atom stereocenters. The van der Waals surface area contributed by atoms with E-state index in [1.165, 1.54) is 0 Å². The Hall–Kier alpha value is -0.610. The number of rotatable bonds is 0. The van der Waals surface area contributed by atoms with Gasteiger partial charge in [0.2, 0.25) is 0 Å². The van der Waals surface area contributed by atoms with Gasteiger partial charge >= 0.3 is 0 Å². The van der Waals surface area contributed by atoms with E-state index in [-0.39, 0.29) is 0 Å². The Morgan fingerprint density at radius 3 is 2.00 bits per heavy atom. The molecule has 10 heavy (non-hydrogen) atoms. The van der Waals surface area contributed by atoms with Crippen molar-refractivity contribution in [3.05, 3.63) is 0 Å². The maximum absolute atomic E-state index is 8.89. The molecule has 1 N–H and O–H groups in total. The molecule has 60 valence electrons. The first-order valence-corrected chi connectivity index (χ1v) is 3.19. The highest BCUT2D eigenvalue weighted by Gasteiger charge is 1.92. The van der Waals surface area contributed by atoms with E-state index in [9.17, 15) is 0 Å². The smallest absolute Gasteiger partial charge is 0.0591 e. The van der Waals surface area contributed by atoms with Gasteiger partial charge in [-0.05, 0) is 6.92 Å². The van der Waals surface area contributed by atoms with Crippen LogP contribution in [0.1, 0.15) is 6.92 Å². The second-order valence-corrected chi connectivity index (χ2v) is 1.85. The summed E-state index contributed by atoms with van der Waals surface area (Å²) < 4.78 is 5.01. The molecule has 0 atom stereocenters. The molecule has 4 nitrogen and oxygen atoms in total. The fourth-order valence-electron chi connectivity index (χ4n) is 0.516. The van der Waals surface area contributed by atoms with E-state index in [1.807, 2.05) is 0 Å². The van der Waals surface area contributed by atoms with Crippen LogP contribution in [-0.2, 0) is 9.53 Å². The number of carboxylic acid groups (broad SMARTS) is 1. The van der Waals surface area contributed by atoms with Crippen molar-refractivity contribution < 1.29 is 14.6 Å². The van der Waals surface area contributed by atoms with Gasteiger partial charge < -0.3 is 20.0 Å². The van der Waals surface area contributed by atoms with Gasteiger partial charge in [0.1, 0.15) is 0 Å². The highest BCUT2D eigenvalue weighted by molar-refractivity contribution is 5.60. The third-order valence-corrected chi connectivity index (χ3v) is 0.846. The molecule has 0 aromatic carbocycles. The SMILES string of the molecule is C1COCCN1.CC(=O)[O-]. The van der Waals surface area contributed by atoms with E-state index in [2.05, 4.69) is 5.32 Å². The largest absolute Gasteiger partial charge is 0.550 e. The zero-order valence-electron chi connectivity index (χ0n) is 6.05. The summed E-state index contributed by atoms with van der Waals surface area (Å²) in [6, 6.07) is 0. The second-order valence-electron chi connectivity index (χ2n) is 1.85. The summed E-state index contributed by atoms with van der Waals surface area (Å²) in [4.78, 5) is 8.89. The first kappa shape index (κ1) is 9.39. The number of aliphatic carboxylic acids is 1. The fourth-order valence-corrected chi connectivity index (χ4v) is 0.516. The molecule has 0 bridgehead atoms. The Morgan fingerprint density at radius 1 is 1.50 bits per heavy atom. The molecule has 1 heterocycles. The predicted octanol–water partition coefficient (Wildman–Crippen LogP) is -1.64. The minimum absolute atomic E-state index is 0.889. The van der Waals surface area contributed by atoms with Gasteiger partial charge in [0.15, 0.2) is 0 Å². The lowest BCUT2D eigenvalue weighted by molar-refractivity contribution is -0.302. The van der Waals surface area contributed by atoms with Crippen molar-refractivity contribution in [1.29, 1.82) is 0 Å². The van der Waals surface area contributed by atoms with Crippen molar-refractivity contribution in [3.8, 4) is 0 Å². The van der Waals surface area contributed by atoms with Gasteiger partial charge in [-0.25, -0.2) is 0 Å². The summed E-state index contributed by atoms with van der Waals surface area (Å²) in [7, 11) is 0. The number of hydrogen-bond acceptors (Lipinski definition) is 4. The van der Waals surface area contributed by atoms with E-state index in [1.54, 1.807) is 0 Å². The van der Waals surface area contributed by atoms with Crippen molar-refractivity contribution in [1.82, 2.24) is 5.32 Å². The summed E-state index contributed by atoms with van der Waals surface area (Å²) in [5.41, 5.74) is 0. The van der Waals surface area contributed by atoms with Gasteiger partial charge in [-0.3, -0.25) is 0 Å². The number of carboxylic acids is 1. The average molecular weight is 146 g/mol. The molecule has 1 aliphatic heterocycles. The minimum atomic E-state index is -1.08. The van der Waals surface area contributed by atoms with Crippen LogP contribution in [-0.4, -0.2) is 32.3 Å². The molecule has 0 spiro atoms. The fraction of sp³-hybridized carbons (Fsp3) is 0.833. The molecular formula is C6H12NO3-. The van der Waals surface area contributed by atoms with E-state index >= 15 is 0 Å². The topological polar surface area (TPSA) is 61.4 Å². The Balaban J connectivity index is 0.000000180. The Bertz CT molecular complexity index is 75.5. The van der Waals surface area contributed by atoms with Crippen LogP contribution in [0.25, 0.3) is 0 Å². The second kappa shape index (κ2) is 6.51. The van der Waals surface area contributed by atoms with Crippen LogP contribution in [0.2, 0.25) is 0 Å². The maximum Gasteiger partial charge on any atom is 0.0591 e. The lowest BCUT2D eigenvalue weighted by Gasteiger charge is -2.10. The summed E-state index contributed by atoms with van der Waals surface area (Å²) in [5.74, 6) is -1.08. The standard InChI is InChI=1S/C4H9NO.C2H4O2/c1-3-6-4-2-5-1;1-2(3)4/h5H,1-4H2;1H3,(H,3,4)/p-1. The molecule has 1 rings (SSSR count). The van der Waals surface area contributed by atoms with Crippen LogP contribution in [0.3, 0.4) is 0 Å². The number of carbonyl (C=O) groups excluding carboxylic acids is 1. The molecule has 1 fully saturated rings. The summed E-state index contributed by atoms with van der Waals surface area (Å²) in [6.07, 6.45) is 0.